The SMILES string of the molecule is NC(=O)c1c2c(cc3c(=O)c4ccccc4[nH]c13)CCCC2. The fourth-order valence-electron chi connectivity index (χ4n) is 3.56. The van der Waals surface area contributed by atoms with Gasteiger partial charge in [-0.3, -0.25) is 9.59 Å². The molecule has 1 heterocycles. The first-order valence-corrected chi connectivity index (χ1v) is 7.56. The molecule has 22 heavy (non-hydrogen) atoms. The maximum absolute atomic E-state index is 12.8. The summed E-state index contributed by atoms with van der Waals surface area (Å²) in [4.78, 5) is 28.1. The van der Waals surface area contributed by atoms with E-state index in [4.69, 9.17) is 5.73 Å². The molecule has 1 amide bonds. The minimum Gasteiger partial charge on any atom is -0.366 e. The van der Waals surface area contributed by atoms with Crippen molar-refractivity contribution < 1.29 is 4.79 Å². The summed E-state index contributed by atoms with van der Waals surface area (Å²) >= 11 is 0. The summed E-state index contributed by atoms with van der Waals surface area (Å²) < 4.78 is 0. The Balaban J connectivity index is 2.24. The Kier molecular flexibility index (Phi) is 2.79. The number of aromatic nitrogens is 1. The summed E-state index contributed by atoms with van der Waals surface area (Å²) in [5, 5.41) is 1.20. The van der Waals surface area contributed by atoms with Crippen LogP contribution in [-0.4, -0.2) is 10.9 Å². The fraction of sp³-hybridized carbons (Fsp3) is 0.222. The van der Waals surface area contributed by atoms with Gasteiger partial charge in [-0.15, -0.1) is 0 Å². The van der Waals surface area contributed by atoms with Gasteiger partial charge in [-0.25, -0.2) is 0 Å². The molecule has 3 aromatic rings. The van der Waals surface area contributed by atoms with Gasteiger partial charge in [-0.05, 0) is 55.0 Å². The molecule has 4 nitrogen and oxygen atoms in total. The summed E-state index contributed by atoms with van der Waals surface area (Å²) in [6, 6.07) is 9.31. The van der Waals surface area contributed by atoms with Crippen LogP contribution in [0.4, 0.5) is 0 Å². The average Bonchev–Trinajstić information content (AvgIpc) is 2.53. The second kappa shape index (κ2) is 4.70. The number of amides is 1. The molecule has 0 saturated carbocycles. The highest BCUT2D eigenvalue weighted by Gasteiger charge is 2.22. The standard InChI is InChI=1S/C18H16N2O2/c19-18(22)15-11-6-2-1-5-10(11)9-13-16(15)20-14-8-4-3-7-12(14)17(13)21/h3-4,7-9H,1-2,5-6H2,(H2,19,22)(H,20,21). The van der Waals surface area contributed by atoms with Crippen molar-refractivity contribution in [1.29, 1.82) is 0 Å². The van der Waals surface area contributed by atoms with Crippen molar-refractivity contribution in [3.63, 3.8) is 0 Å². The molecule has 0 saturated heterocycles. The summed E-state index contributed by atoms with van der Waals surface area (Å²) in [6.07, 6.45) is 3.88. The molecule has 1 aromatic heterocycles. The number of benzene rings is 2. The predicted octanol–water partition coefficient (Wildman–Crippen LogP) is 2.66. The van der Waals surface area contributed by atoms with Crippen LogP contribution in [-0.2, 0) is 12.8 Å². The molecule has 0 aliphatic heterocycles. The Morgan fingerprint density at radius 1 is 1.09 bits per heavy atom. The predicted molar refractivity (Wildman–Crippen MR) is 87.2 cm³/mol. The van der Waals surface area contributed by atoms with Crippen molar-refractivity contribution >= 4 is 27.7 Å². The zero-order chi connectivity index (χ0) is 15.3. The number of nitrogens with two attached hydrogens (primary N) is 1. The number of hydrogen-bond donors (Lipinski definition) is 2. The third-order valence-corrected chi connectivity index (χ3v) is 4.57. The molecular formula is C18H16N2O2. The smallest absolute Gasteiger partial charge is 0.251 e. The van der Waals surface area contributed by atoms with Gasteiger partial charge in [0.15, 0.2) is 5.43 Å². The van der Waals surface area contributed by atoms with Crippen LogP contribution in [0.2, 0.25) is 0 Å². The third kappa shape index (κ3) is 1.77. The molecule has 4 heteroatoms. The minimum absolute atomic E-state index is 0.0415. The molecule has 2 aromatic carbocycles. The summed E-state index contributed by atoms with van der Waals surface area (Å²) in [7, 11) is 0. The number of carbonyl (C=O) groups is 1. The lowest BCUT2D eigenvalue weighted by Gasteiger charge is -2.20. The van der Waals surface area contributed by atoms with Crippen LogP contribution in [0.1, 0.15) is 34.3 Å². The van der Waals surface area contributed by atoms with Crippen molar-refractivity contribution in [2.45, 2.75) is 25.7 Å². The molecule has 1 aliphatic carbocycles. The second-order valence-electron chi connectivity index (χ2n) is 5.88. The molecule has 0 atom stereocenters. The van der Waals surface area contributed by atoms with Gasteiger partial charge in [0.05, 0.1) is 11.1 Å². The second-order valence-corrected chi connectivity index (χ2v) is 5.88. The molecule has 0 bridgehead atoms. The van der Waals surface area contributed by atoms with Gasteiger partial charge < -0.3 is 10.7 Å². The van der Waals surface area contributed by atoms with Gasteiger partial charge in [-0.2, -0.15) is 0 Å². The average molecular weight is 292 g/mol. The van der Waals surface area contributed by atoms with Crippen molar-refractivity contribution in [2.75, 3.05) is 0 Å². The van der Waals surface area contributed by atoms with Crippen LogP contribution >= 0.6 is 0 Å². The highest BCUT2D eigenvalue weighted by Crippen LogP contribution is 2.30. The highest BCUT2D eigenvalue weighted by molar-refractivity contribution is 6.08. The molecule has 1 aliphatic rings. The first-order valence-electron chi connectivity index (χ1n) is 7.56. The maximum atomic E-state index is 12.8. The maximum Gasteiger partial charge on any atom is 0.251 e. The first kappa shape index (κ1) is 13.1. The monoisotopic (exact) mass is 292 g/mol. The van der Waals surface area contributed by atoms with E-state index in [1.807, 2.05) is 24.3 Å². The minimum atomic E-state index is -0.463. The van der Waals surface area contributed by atoms with Gasteiger partial charge in [0.2, 0.25) is 0 Å². The number of nitrogens with one attached hydrogen (secondary N) is 1. The van der Waals surface area contributed by atoms with Gasteiger partial charge in [-0.1, -0.05) is 12.1 Å². The number of rotatable bonds is 1. The molecule has 0 spiro atoms. The van der Waals surface area contributed by atoms with Crippen molar-refractivity contribution in [3.05, 3.63) is 57.2 Å². The number of carbonyl (C=O) groups excluding carboxylic acids is 1. The first-order chi connectivity index (χ1) is 10.7. The van der Waals surface area contributed by atoms with Gasteiger partial charge in [0.1, 0.15) is 0 Å². The van der Waals surface area contributed by atoms with Gasteiger partial charge >= 0.3 is 0 Å². The van der Waals surface area contributed by atoms with E-state index >= 15 is 0 Å². The zero-order valence-electron chi connectivity index (χ0n) is 12.1. The number of aromatic amines is 1. The van der Waals surface area contributed by atoms with E-state index in [0.717, 1.165) is 42.3 Å². The van der Waals surface area contributed by atoms with Crippen molar-refractivity contribution in [1.82, 2.24) is 4.98 Å². The van der Waals surface area contributed by atoms with Crippen molar-refractivity contribution in [2.24, 2.45) is 5.73 Å². The van der Waals surface area contributed by atoms with Crippen LogP contribution in [0.15, 0.2) is 35.1 Å². The van der Waals surface area contributed by atoms with Gasteiger partial charge in [0, 0.05) is 16.3 Å². The number of hydrogen-bond acceptors (Lipinski definition) is 2. The van der Waals surface area contributed by atoms with Crippen LogP contribution in [0.3, 0.4) is 0 Å². The number of para-hydroxylation sites is 1. The normalized spacial score (nSPS) is 14.2. The third-order valence-electron chi connectivity index (χ3n) is 4.57. The number of pyridine rings is 1. The number of aryl methyl sites for hydroxylation is 1. The Bertz CT molecular complexity index is 986. The number of primary amides is 1. The van der Waals surface area contributed by atoms with Crippen LogP contribution in [0, 0.1) is 0 Å². The van der Waals surface area contributed by atoms with E-state index in [-0.39, 0.29) is 5.43 Å². The van der Waals surface area contributed by atoms with Crippen molar-refractivity contribution in [3.8, 4) is 0 Å². The van der Waals surface area contributed by atoms with Crippen LogP contribution < -0.4 is 11.2 Å². The van der Waals surface area contributed by atoms with E-state index in [0.29, 0.717) is 21.9 Å². The van der Waals surface area contributed by atoms with E-state index in [1.54, 1.807) is 6.07 Å². The lowest BCUT2D eigenvalue weighted by atomic mass is 9.86. The molecule has 3 N–H and O–H groups in total. The molecule has 0 fully saturated rings. The topological polar surface area (TPSA) is 76.0 Å². The van der Waals surface area contributed by atoms with Crippen LogP contribution in [0.5, 0.6) is 0 Å². The molecule has 110 valence electrons. The lowest BCUT2D eigenvalue weighted by molar-refractivity contribution is 0.100. The summed E-state index contributed by atoms with van der Waals surface area (Å²) in [5.41, 5.74) is 9.51. The Hall–Kier alpha value is -2.62. The fourth-order valence-corrected chi connectivity index (χ4v) is 3.56. The number of H-pyrrole nitrogens is 1. The van der Waals surface area contributed by atoms with Gasteiger partial charge in [0.25, 0.3) is 5.91 Å². The Morgan fingerprint density at radius 3 is 2.68 bits per heavy atom. The summed E-state index contributed by atoms with van der Waals surface area (Å²) in [6.45, 7) is 0. The van der Waals surface area contributed by atoms with E-state index < -0.39 is 5.91 Å². The van der Waals surface area contributed by atoms with Crippen LogP contribution in [0.25, 0.3) is 21.8 Å². The van der Waals surface area contributed by atoms with E-state index in [1.165, 1.54) is 0 Å². The Morgan fingerprint density at radius 2 is 1.86 bits per heavy atom. The molecule has 0 unspecified atom stereocenters. The molecular weight excluding hydrogens is 276 g/mol. The van der Waals surface area contributed by atoms with E-state index in [9.17, 15) is 9.59 Å². The largest absolute Gasteiger partial charge is 0.366 e. The lowest BCUT2D eigenvalue weighted by Crippen LogP contribution is -2.20. The van der Waals surface area contributed by atoms with E-state index in [2.05, 4.69) is 4.98 Å². The quantitative estimate of drug-likeness (QED) is 0.676. The number of fused-ring (bicyclic) bond motifs is 3. The zero-order valence-corrected chi connectivity index (χ0v) is 12.1. The summed E-state index contributed by atoms with van der Waals surface area (Å²) in [5.74, 6) is -0.463. The Labute approximate surface area is 126 Å². The molecule has 4 rings (SSSR count). The highest BCUT2D eigenvalue weighted by atomic mass is 16.1. The molecule has 0 radical (unpaired) electrons.